The van der Waals surface area contributed by atoms with Gasteiger partial charge in [-0.3, -0.25) is 0 Å². The summed E-state index contributed by atoms with van der Waals surface area (Å²) in [6.45, 7) is 1.78. The summed E-state index contributed by atoms with van der Waals surface area (Å²) < 4.78 is 1.47. The van der Waals surface area contributed by atoms with E-state index < -0.39 is 0 Å². The van der Waals surface area contributed by atoms with E-state index in [0.29, 0.717) is 0 Å². The van der Waals surface area contributed by atoms with Crippen LogP contribution in [0, 0.1) is 0 Å². The fraction of sp³-hybridized carbons (Fsp3) is 1.00. The van der Waals surface area contributed by atoms with Gasteiger partial charge in [-0.1, -0.05) is 0 Å². The normalized spacial score (nSPS) is 25.5. The van der Waals surface area contributed by atoms with Gasteiger partial charge in [-0.05, 0) is 11.8 Å². The van der Waals surface area contributed by atoms with Gasteiger partial charge >= 0.3 is 0 Å². The zero-order chi connectivity index (χ0) is 4.41. The standard InChI is InChI=1S/C2H6ClN3/c3-6-2-1-4-5-6/h4-5H,1-2H2. The van der Waals surface area contributed by atoms with Crippen LogP contribution in [0.1, 0.15) is 0 Å². The van der Waals surface area contributed by atoms with Crippen molar-refractivity contribution in [1.29, 1.82) is 0 Å². The molecule has 6 heavy (non-hydrogen) atoms. The number of hydrogen-bond donors (Lipinski definition) is 2. The Hall–Kier alpha value is 0.170. The fourth-order valence-corrected chi connectivity index (χ4v) is 0.496. The molecule has 0 atom stereocenters. The van der Waals surface area contributed by atoms with Crippen LogP contribution in [0.3, 0.4) is 0 Å². The van der Waals surface area contributed by atoms with Crippen LogP contribution in [0.25, 0.3) is 0 Å². The first-order valence-corrected chi connectivity index (χ1v) is 2.15. The Morgan fingerprint density at radius 2 is 2.50 bits per heavy atom. The predicted octanol–water partition coefficient (Wildman–Crippen LogP) is -0.535. The molecule has 4 heteroatoms. The molecule has 2 N–H and O–H groups in total. The topological polar surface area (TPSA) is 27.3 Å². The van der Waals surface area contributed by atoms with Crippen molar-refractivity contribution in [3.8, 4) is 0 Å². The largest absolute Gasteiger partial charge is 0.242 e. The first-order chi connectivity index (χ1) is 2.89. The minimum Gasteiger partial charge on any atom is -0.242 e. The Bertz CT molecular complexity index is 42.1. The van der Waals surface area contributed by atoms with Crippen LogP contribution in [0.4, 0.5) is 0 Å². The molecule has 0 amide bonds. The van der Waals surface area contributed by atoms with Crippen LogP contribution in [0.15, 0.2) is 0 Å². The van der Waals surface area contributed by atoms with Gasteiger partial charge in [0.1, 0.15) is 0 Å². The molecular weight excluding hydrogens is 101 g/mol. The minimum atomic E-state index is 0.863. The average molecular weight is 108 g/mol. The van der Waals surface area contributed by atoms with E-state index in [1.165, 1.54) is 4.53 Å². The number of halogens is 1. The summed E-state index contributed by atoms with van der Waals surface area (Å²) in [5.74, 6) is 0. The lowest BCUT2D eigenvalue weighted by Gasteiger charge is -1.97. The van der Waals surface area contributed by atoms with Crippen LogP contribution in [0.2, 0.25) is 0 Å². The minimum absolute atomic E-state index is 0.863. The molecule has 1 rings (SSSR count). The zero-order valence-corrected chi connectivity index (χ0v) is 4.00. The lowest BCUT2D eigenvalue weighted by Crippen LogP contribution is -2.28. The first kappa shape index (κ1) is 4.33. The van der Waals surface area contributed by atoms with Crippen LogP contribution in [0.5, 0.6) is 0 Å². The molecular formula is C2H6ClN3. The average Bonchev–Trinajstić information content (AvgIpc) is 1.86. The molecule has 1 aliphatic heterocycles. The molecule has 0 saturated carbocycles. The maximum Gasteiger partial charge on any atom is 0.0449 e. The van der Waals surface area contributed by atoms with E-state index in [-0.39, 0.29) is 0 Å². The molecule has 0 spiro atoms. The van der Waals surface area contributed by atoms with Crippen LogP contribution in [-0.4, -0.2) is 17.6 Å². The lowest BCUT2D eigenvalue weighted by molar-refractivity contribution is 0.402. The van der Waals surface area contributed by atoms with E-state index in [4.69, 9.17) is 11.8 Å². The van der Waals surface area contributed by atoms with Gasteiger partial charge in [0.25, 0.3) is 0 Å². The van der Waals surface area contributed by atoms with Crippen molar-refractivity contribution in [2.24, 2.45) is 0 Å². The van der Waals surface area contributed by atoms with E-state index in [1.54, 1.807) is 0 Å². The number of nitrogens with one attached hydrogen (secondary N) is 2. The van der Waals surface area contributed by atoms with E-state index >= 15 is 0 Å². The summed E-state index contributed by atoms with van der Waals surface area (Å²) in [5, 5.41) is 0. The molecule has 0 unspecified atom stereocenters. The van der Waals surface area contributed by atoms with Crippen molar-refractivity contribution in [2.75, 3.05) is 13.1 Å². The van der Waals surface area contributed by atoms with Gasteiger partial charge in [-0.2, -0.15) is 5.53 Å². The highest BCUT2D eigenvalue weighted by atomic mass is 35.5. The first-order valence-electron chi connectivity index (χ1n) is 1.81. The molecule has 1 fully saturated rings. The van der Waals surface area contributed by atoms with Crippen LogP contribution < -0.4 is 11.0 Å². The molecule has 36 valence electrons. The molecule has 0 aromatic carbocycles. The SMILES string of the molecule is ClN1CCNN1. The quantitative estimate of drug-likeness (QED) is 0.408. The summed E-state index contributed by atoms with van der Waals surface area (Å²) in [7, 11) is 0. The lowest BCUT2D eigenvalue weighted by atomic mass is 10.7. The van der Waals surface area contributed by atoms with Crippen molar-refractivity contribution in [3.63, 3.8) is 0 Å². The van der Waals surface area contributed by atoms with Crippen molar-refractivity contribution in [1.82, 2.24) is 15.5 Å². The number of hydrazine groups is 2. The maximum atomic E-state index is 5.37. The molecule has 1 heterocycles. The van der Waals surface area contributed by atoms with Crippen molar-refractivity contribution < 1.29 is 0 Å². The fourth-order valence-electron chi connectivity index (χ4n) is 0.352. The van der Waals surface area contributed by atoms with Gasteiger partial charge in [0, 0.05) is 13.1 Å². The molecule has 0 radical (unpaired) electrons. The maximum absolute atomic E-state index is 5.37. The van der Waals surface area contributed by atoms with E-state index in [1.807, 2.05) is 0 Å². The van der Waals surface area contributed by atoms with Gasteiger partial charge in [0.05, 0.1) is 0 Å². The van der Waals surface area contributed by atoms with E-state index in [0.717, 1.165) is 13.1 Å². The van der Waals surface area contributed by atoms with Crippen LogP contribution >= 0.6 is 11.8 Å². The molecule has 0 aromatic rings. The summed E-state index contributed by atoms with van der Waals surface area (Å²) in [5.41, 5.74) is 5.48. The Labute approximate surface area is 41.3 Å². The Morgan fingerprint density at radius 1 is 1.67 bits per heavy atom. The smallest absolute Gasteiger partial charge is 0.0449 e. The summed E-state index contributed by atoms with van der Waals surface area (Å²) in [6, 6.07) is 0. The highest BCUT2D eigenvalue weighted by Crippen LogP contribution is 1.87. The Balaban J connectivity index is 2.18. The molecule has 0 bridgehead atoms. The monoisotopic (exact) mass is 107 g/mol. The second kappa shape index (κ2) is 1.75. The number of rotatable bonds is 0. The predicted molar refractivity (Wildman–Crippen MR) is 23.7 cm³/mol. The second-order valence-electron chi connectivity index (χ2n) is 1.12. The second-order valence-corrected chi connectivity index (χ2v) is 1.53. The summed E-state index contributed by atoms with van der Waals surface area (Å²) in [6.07, 6.45) is 0. The van der Waals surface area contributed by atoms with Gasteiger partial charge in [-0.25, -0.2) is 5.43 Å². The number of nitrogens with zero attached hydrogens (tertiary/aromatic N) is 1. The van der Waals surface area contributed by atoms with Gasteiger partial charge in [0.15, 0.2) is 0 Å². The van der Waals surface area contributed by atoms with Crippen molar-refractivity contribution in [2.45, 2.75) is 0 Å². The number of hydrogen-bond acceptors (Lipinski definition) is 3. The van der Waals surface area contributed by atoms with Crippen molar-refractivity contribution in [3.05, 3.63) is 0 Å². The van der Waals surface area contributed by atoms with Crippen LogP contribution in [-0.2, 0) is 0 Å². The van der Waals surface area contributed by atoms with Crippen molar-refractivity contribution >= 4 is 11.8 Å². The third-order valence-corrected chi connectivity index (χ3v) is 0.887. The van der Waals surface area contributed by atoms with Gasteiger partial charge in [-0.15, -0.1) is 4.53 Å². The highest BCUT2D eigenvalue weighted by Gasteiger charge is 2.03. The Kier molecular flexibility index (Phi) is 1.26. The zero-order valence-electron chi connectivity index (χ0n) is 3.24. The molecule has 3 nitrogen and oxygen atoms in total. The third-order valence-electron chi connectivity index (χ3n) is 0.633. The summed E-state index contributed by atoms with van der Waals surface area (Å²) in [4.78, 5) is 0. The Morgan fingerprint density at radius 3 is 2.67 bits per heavy atom. The third kappa shape index (κ3) is 0.815. The molecule has 0 aromatic heterocycles. The van der Waals surface area contributed by atoms with E-state index in [9.17, 15) is 0 Å². The summed E-state index contributed by atoms with van der Waals surface area (Å²) >= 11 is 5.37. The molecule has 0 aliphatic carbocycles. The molecule has 1 aliphatic rings. The van der Waals surface area contributed by atoms with Gasteiger partial charge in [0.2, 0.25) is 0 Å². The van der Waals surface area contributed by atoms with E-state index in [2.05, 4.69) is 11.0 Å². The highest BCUT2D eigenvalue weighted by molar-refractivity contribution is 6.13. The van der Waals surface area contributed by atoms with Gasteiger partial charge < -0.3 is 0 Å². The molecule has 1 saturated heterocycles.